The van der Waals surface area contributed by atoms with Crippen molar-refractivity contribution in [2.24, 2.45) is 0 Å². The summed E-state index contributed by atoms with van der Waals surface area (Å²) in [6, 6.07) is 8.09. The molecule has 0 unspecified atom stereocenters. The normalized spacial score (nSPS) is 14.2. The van der Waals surface area contributed by atoms with E-state index in [4.69, 9.17) is 4.74 Å². The van der Waals surface area contributed by atoms with Crippen molar-refractivity contribution in [2.75, 3.05) is 7.11 Å². The topological polar surface area (TPSA) is 9.23 Å². The SMILES string of the molecule is C=C1C=CC=C1Cc1ccccc1OC. The molecule has 0 N–H and O–H groups in total. The summed E-state index contributed by atoms with van der Waals surface area (Å²) in [5, 5.41) is 0. The van der Waals surface area contributed by atoms with Crippen LogP contribution in [0.2, 0.25) is 0 Å². The smallest absolute Gasteiger partial charge is 0.122 e. The highest BCUT2D eigenvalue weighted by Gasteiger charge is 2.08. The lowest BCUT2D eigenvalue weighted by molar-refractivity contribution is 0.410. The van der Waals surface area contributed by atoms with Crippen LogP contribution in [-0.2, 0) is 6.42 Å². The molecule has 0 heterocycles. The average Bonchev–Trinajstić information content (AvgIpc) is 2.65. The quantitative estimate of drug-likeness (QED) is 0.724. The Morgan fingerprint density at radius 1 is 1.27 bits per heavy atom. The van der Waals surface area contributed by atoms with E-state index in [1.54, 1.807) is 7.11 Å². The summed E-state index contributed by atoms with van der Waals surface area (Å²) in [6.45, 7) is 3.99. The maximum atomic E-state index is 5.31. The second kappa shape index (κ2) is 4.18. The maximum absolute atomic E-state index is 5.31. The predicted octanol–water partition coefficient (Wildman–Crippen LogP) is 3.29. The molecule has 1 aromatic rings. The second-order valence-corrected chi connectivity index (χ2v) is 3.56. The number of para-hydroxylation sites is 1. The first-order valence-corrected chi connectivity index (χ1v) is 4.99. The van der Waals surface area contributed by atoms with Gasteiger partial charge in [-0.3, -0.25) is 0 Å². The van der Waals surface area contributed by atoms with Gasteiger partial charge < -0.3 is 4.74 Å². The van der Waals surface area contributed by atoms with Gasteiger partial charge in [0.1, 0.15) is 5.75 Å². The van der Waals surface area contributed by atoms with Crippen LogP contribution >= 0.6 is 0 Å². The molecule has 0 saturated carbocycles. The van der Waals surface area contributed by atoms with Crippen molar-refractivity contribution in [1.82, 2.24) is 0 Å². The molecule has 1 aromatic carbocycles. The molecule has 2 rings (SSSR count). The van der Waals surface area contributed by atoms with Gasteiger partial charge in [-0.1, -0.05) is 43.0 Å². The Bertz CT molecular complexity index is 438. The monoisotopic (exact) mass is 198 g/mol. The molecular weight excluding hydrogens is 184 g/mol. The molecule has 0 fully saturated rings. The molecule has 0 bridgehead atoms. The van der Waals surface area contributed by atoms with Crippen LogP contribution in [0.15, 0.2) is 60.2 Å². The van der Waals surface area contributed by atoms with Gasteiger partial charge in [-0.2, -0.15) is 0 Å². The van der Waals surface area contributed by atoms with Crippen molar-refractivity contribution in [3.63, 3.8) is 0 Å². The van der Waals surface area contributed by atoms with Crippen LogP contribution in [-0.4, -0.2) is 7.11 Å². The zero-order valence-corrected chi connectivity index (χ0v) is 8.86. The number of rotatable bonds is 3. The van der Waals surface area contributed by atoms with E-state index in [-0.39, 0.29) is 0 Å². The van der Waals surface area contributed by atoms with Crippen molar-refractivity contribution in [3.05, 3.63) is 65.8 Å². The maximum Gasteiger partial charge on any atom is 0.122 e. The van der Waals surface area contributed by atoms with E-state index >= 15 is 0 Å². The van der Waals surface area contributed by atoms with Crippen molar-refractivity contribution < 1.29 is 4.74 Å². The highest BCUT2D eigenvalue weighted by Crippen LogP contribution is 2.25. The van der Waals surface area contributed by atoms with Gasteiger partial charge in [0.2, 0.25) is 0 Å². The van der Waals surface area contributed by atoms with Gasteiger partial charge in [0.15, 0.2) is 0 Å². The van der Waals surface area contributed by atoms with E-state index in [1.165, 1.54) is 11.1 Å². The van der Waals surface area contributed by atoms with Crippen molar-refractivity contribution in [1.29, 1.82) is 0 Å². The Labute approximate surface area is 90.4 Å². The van der Waals surface area contributed by atoms with Gasteiger partial charge in [0.25, 0.3) is 0 Å². The fourth-order valence-corrected chi connectivity index (χ4v) is 1.72. The van der Waals surface area contributed by atoms with Gasteiger partial charge in [-0.25, -0.2) is 0 Å². The second-order valence-electron chi connectivity index (χ2n) is 3.56. The van der Waals surface area contributed by atoms with Crippen LogP contribution in [0, 0.1) is 0 Å². The van der Waals surface area contributed by atoms with Gasteiger partial charge in [-0.15, -0.1) is 0 Å². The number of allylic oxidation sites excluding steroid dienone is 5. The summed E-state index contributed by atoms with van der Waals surface area (Å²) >= 11 is 0. The molecule has 1 heteroatoms. The minimum Gasteiger partial charge on any atom is -0.496 e. The Balaban J connectivity index is 2.21. The zero-order chi connectivity index (χ0) is 10.7. The van der Waals surface area contributed by atoms with E-state index in [0.717, 1.165) is 17.7 Å². The summed E-state index contributed by atoms with van der Waals surface area (Å²) in [5.41, 5.74) is 3.57. The lowest BCUT2D eigenvalue weighted by Crippen LogP contribution is -1.94. The molecular formula is C14H14O. The molecule has 0 spiro atoms. The minimum absolute atomic E-state index is 0.885. The first-order chi connectivity index (χ1) is 7.31. The third-order valence-corrected chi connectivity index (χ3v) is 2.58. The third kappa shape index (κ3) is 2.01. The summed E-state index contributed by atoms with van der Waals surface area (Å²) in [7, 11) is 1.70. The Morgan fingerprint density at radius 3 is 2.73 bits per heavy atom. The number of ether oxygens (including phenoxy) is 1. The van der Waals surface area contributed by atoms with Gasteiger partial charge in [0, 0.05) is 6.42 Å². The molecule has 0 amide bonds. The van der Waals surface area contributed by atoms with Crippen molar-refractivity contribution in [2.45, 2.75) is 6.42 Å². The Hall–Kier alpha value is -1.76. The molecule has 1 nitrogen and oxygen atoms in total. The highest BCUT2D eigenvalue weighted by molar-refractivity contribution is 5.50. The first-order valence-electron chi connectivity index (χ1n) is 4.99. The Kier molecular flexibility index (Phi) is 2.72. The van der Waals surface area contributed by atoms with Crippen molar-refractivity contribution in [3.8, 4) is 5.75 Å². The highest BCUT2D eigenvalue weighted by atomic mass is 16.5. The molecule has 0 aliphatic heterocycles. The van der Waals surface area contributed by atoms with Gasteiger partial charge >= 0.3 is 0 Å². The fourth-order valence-electron chi connectivity index (χ4n) is 1.72. The van der Waals surface area contributed by atoms with Crippen LogP contribution in [0.4, 0.5) is 0 Å². The fraction of sp³-hybridized carbons (Fsp3) is 0.143. The minimum atomic E-state index is 0.885. The van der Waals surface area contributed by atoms with E-state index < -0.39 is 0 Å². The molecule has 1 aliphatic rings. The molecule has 0 atom stereocenters. The largest absolute Gasteiger partial charge is 0.496 e. The first kappa shape index (κ1) is 9.78. The van der Waals surface area contributed by atoms with Crippen LogP contribution < -0.4 is 4.74 Å². The van der Waals surface area contributed by atoms with Gasteiger partial charge in [0.05, 0.1) is 7.11 Å². The van der Waals surface area contributed by atoms with Crippen LogP contribution in [0.25, 0.3) is 0 Å². The summed E-state index contributed by atoms with van der Waals surface area (Å²) in [5.74, 6) is 0.943. The summed E-state index contributed by atoms with van der Waals surface area (Å²) < 4.78 is 5.31. The molecule has 0 radical (unpaired) electrons. The molecule has 0 saturated heterocycles. The average molecular weight is 198 g/mol. The predicted molar refractivity (Wildman–Crippen MR) is 63.1 cm³/mol. The lowest BCUT2D eigenvalue weighted by Gasteiger charge is -2.09. The number of benzene rings is 1. The van der Waals surface area contributed by atoms with E-state index in [1.807, 2.05) is 30.4 Å². The van der Waals surface area contributed by atoms with Gasteiger partial charge in [-0.05, 0) is 22.8 Å². The number of hydrogen-bond acceptors (Lipinski definition) is 1. The van der Waals surface area contributed by atoms with E-state index in [0.29, 0.717) is 0 Å². The molecule has 76 valence electrons. The molecule has 15 heavy (non-hydrogen) atoms. The van der Waals surface area contributed by atoms with E-state index in [2.05, 4.69) is 18.7 Å². The van der Waals surface area contributed by atoms with Crippen LogP contribution in [0.1, 0.15) is 5.56 Å². The molecule has 1 aliphatic carbocycles. The Morgan fingerprint density at radius 2 is 2.07 bits per heavy atom. The standard InChI is InChI=1S/C14H14O/c1-11-6-5-8-12(11)10-13-7-3-4-9-14(13)15-2/h3-9H,1,10H2,2H3. The molecule has 0 aromatic heterocycles. The van der Waals surface area contributed by atoms with Crippen molar-refractivity contribution >= 4 is 0 Å². The third-order valence-electron chi connectivity index (χ3n) is 2.58. The lowest BCUT2D eigenvalue weighted by atomic mass is 10.0. The summed E-state index contributed by atoms with van der Waals surface area (Å²) in [6.07, 6.45) is 7.06. The van der Waals surface area contributed by atoms with E-state index in [9.17, 15) is 0 Å². The summed E-state index contributed by atoms with van der Waals surface area (Å²) in [4.78, 5) is 0. The number of hydrogen-bond donors (Lipinski definition) is 0. The zero-order valence-electron chi connectivity index (χ0n) is 8.86. The van der Waals surface area contributed by atoms with Crippen LogP contribution in [0.5, 0.6) is 5.75 Å². The number of methoxy groups -OCH3 is 1. The van der Waals surface area contributed by atoms with Crippen LogP contribution in [0.3, 0.4) is 0 Å².